The second kappa shape index (κ2) is 6.07. The average molecular weight is 304 g/mol. The molecule has 0 aliphatic rings. The molecule has 1 aromatic carbocycles. The lowest BCUT2D eigenvalue weighted by Gasteiger charge is -2.23. The number of hydrogen-bond donors (Lipinski definition) is 0. The van der Waals surface area contributed by atoms with Gasteiger partial charge in [0.1, 0.15) is 11.5 Å². The zero-order chi connectivity index (χ0) is 15.6. The first-order chi connectivity index (χ1) is 9.81. The summed E-state index contributed by atoms with van der Waals surface area (Å²) < 4.78 is 6.20. The van der Waals surface area contributed by atoms with Crippen molar-refractivity contribution in [1.29, 1.82) is 0 Å². The number of halogens is 1. The Morgan fingerprint density at radius 2 is 1.81 bits per heavy atom. The van der Waals surface area contributed by atoms with E-state index in [0.717, 1.165) is 22.8 Å². The molecule has 0 aliphatic carbocycles. The van der Waals surface area contributed by atoms with Crippen molar-refractivity contribution >= 4 is 11.6 Å². The van der Waals surface area contributed by atoms with Crippen molar-refractivity contribution in [3.05, 3.63) is 52.8 Å². The van der Waals surface area contributed by atoms with Crippen molar-refractivity contribution in [2.24, 2.45) is 0 Å². The Morgan fingerprint density at radius 1 is 1.10 bits per heavy atom. The van der Waals surface area contributed by atoms with Crippen LogP contribution >= 0.6 is 11.6 Å². The van der Waals surface area contributed by atoms with Crippen LogP contribution in [0.1, 0.15) is 43.2 Å². The van der Waals surface area contributed by atoms with Gasteiger partial charge in [-0.3, -0.25) is 4.98 Å². The second-order valence-electron chi connectivity index (χ2n) is 6.42. The molecule has 0 saturated carbocycles. The molecule has 2 aromatic rings. The number of nitrogens with zero attached hydrogens (tertiary/aromatic N) is 1. The number of benzene rings is 1. The molecule has 0 N–H and O–H groups in total. The molecular weight excluding hydrogens is 282 g/mol. The van der Waals surface area contributed by atoms with E-state index in [1.165, 1.54) is 11.1 Å². The van der Waals surface area contributed by atoms with E-state index in [1.54, 1.807) is 6.20 Å². The fourth-order valence-electron chi connectivity index (χ4n) is 2.21. The SMILES string of the molecule is Cc1ccc(C(C)(C)C)c(Oc2cc(C)ncc2CCl)c1. The zero-order valence-corrected chi connectivity index (χ0v) is 14.1. The summed E-state index contributed by atoms with van der Waals surface area (Å²) >= 11 is 5.99. The first-order valence-electron chi connectivity index (χ1n) is 7.11. The Labute approximate surface area is 132 Å². The number of ether oxygens (including phenoxy) is 1. The molecule has 112 valence electrons. The van der Waals surface area contributed by atoms with Gasteiger partial charge in [-0.05, 0) is 30.9 Å². The lowest BCUT2D eigenvalue weighted by atomic mass is 9.86. The molecule has 0 radical (unpaired) electrons. The van der Waals surface area contributed by atoms with Gasteiger partial charge in [0, 0.05) is 29.1 Å². The summed E-state index contributed by atoms with van der Waals surface area (Å²) in [6.07, 6.45) is 1.78. The van der Waals surface area contributed by atoms with Crippen LogP contribution in [0.2, 0.25) is 0 Å². The number of alkyl halides is 1. The number of aryl methyl sites for hydroxylation is 2. The maximum atomic E-state index is 6.20. The molecule has 1 heterocycles. The highest BCUT2D eigenvalue weighted by Gasteiger charge is 2.20. The van der Waals surface area contributed by atoms with E-state index in [1.807, 2.05) is 13.0 Å². The monoisotopic (exact) mass is 303 g/mol. The molecule has 0 unspecified atom stereocenters. The number of pyridine rings is 1. The molecule has 3 heteroatoms. The Bertz CT molecular complexity index is 644. The van der Waals surface area contributed by atoms with Gasteiger partial charge < -0.3 is 4.74 Å². The molecule has 0 saturated heterocycles. The summed E-state index contributed by atoms with van der Waals surface area (Å²) in [5.74, 6) is 2.06. The van der Waals surface area contributed by atoms with Crippen LogP contribution in [-0.4, -0.2) is 4.98 Å². The van der Waals surface area contributed by atoms with Crippen LogP contribution in [0.5, 0.6) is 11.5 Å². The van der Waals surface area contributed by atoms with Crippen molar-refractivity contribution in [3.63, 3.8) is 0 Å². The first-order valence-corrected chi connectivity index (χ1v) is 7.65. The van der Waals surface area contributed by atoms with Crippen molar-refractivity contribution < 1.29 is 4.74 Å². The van der Waals surface area contributed by atoms with E-state index in [0.29, 0.717) is 5.88 Å². The van der Waals surface area contributed by atoms with Gasteiger partial charge in [-0.2, -0.15) is 0 Å². The van der Waals surface area contributed by atoms with E-state index in [-0.39, 0.29) is 5.41 Å². The minimum Gasteiger partial charge on any atom is -0.457 e. The standard InChI is InChI=1S/C18H22ClNO/c1-12-6-7-15(18(3,4)5)17(8-12)21-16-9-13(2)20-11-14(16)10-19/h6-9,11H,10H2,1-5H3. The molecule has 2 nitrogen and oxygen atoms in total. The lowest BCUT2D eigenvalue weighted by molar-refractivity contribution is 0.450. The zero-order valence-electron chi connectivity index (χ0n) is 13.3. The second-order valence-corrected chi connectivity index (χ2v) is 6.69. The minimum absolute atomic E-state index is 0.0201. The van der Waals surface area contributed by atoms with Gasteiger partial charge in [0.2, 0.25) is 0 Å². The van der Waals surface area contributed by atoms with Crippen molar-refractivity contribution in [3.8, 4) is 11.5 Å². The van der Waals surface area contributed by atoms with Gasteiger partial charge in [0.25, 0.3) is 0 Å². The maximum Gasteiger partial charge on any atom is 0.135 e. The van der Waals surface area contributed by atoms with E-state index >= 15 is 0 Å². The molecule has 0 atom stereocenters. The Balaban J connectivity index is 2.49. The van der Waals surface area contributed by atoms with E-state index in [2.05, 4.69) is 50.9 Å². The van der Waals surface area contributed by atoms with E-state index in [4.69, 9.17) is 16.3 Å². The van der Waals surface area contributed by atoms with Crippen molar-refractivity contribution in [2.45, 2.75) is 45.9 Å². The third-order valence-corrected chi connectivity index (χ3v) is 3.68. The number of aromatic nitrogens is 1. The average Bonchev–Trinajstić information content (AvgIpc) is 2.37. The molecular formula is C18H22ClNO. The number of hydrogen-bond acceptors (Lipinski definition) is 2. The highest BCUT2D eigenvalue weighted by molar-refractivity contribution is 6.17. The van der Waals surface area contributed by atoms with E-state index < -0.39 is 0 Å². The molecule has 1 aromatic heterocycles. The lowest BCUT2D eigenvalue weighted by Crippen LogP contribution is -2.12. The summed E-state index contributed by atoms with van der Waals surface area (Å²) in [7, 11) is 0. The molecule has 21 heavy (non-hydrogen) atoms. The summed E-state index contributed by atoms with van der Waals surface area (Å²) in [4.78, 5) is 4.28. The van der Waals surface area contributed by atoms with Gasteiger partial charge >= 0.3 is 0 Å². The third-order valence-electron chi connectivity index (χ3n) is 3.39. The molecule has 0 fully saturated rings. The normalized spacial score (nSPS) is 11.5. The summed E-state index contributed by atoms with van der Waals surface area (Å²) in [5, 5.41) is 0. The van der Waals surface area contributed by atoms with Gasteiger partial charge in [-0.1, -0.05) is 32.9 Å². The number of rotatable bonds is 3. The van der Waals surface area contributed by atoms with Gasteiger partial charge in [0.15, 0.2) is 0 Å². The quantitative estimate of drug-likeness (QED) is 0.696. The third kappa shape index (κ3) is 3.76. The molecule has 0 bridgehead atoms. The Hall–Kier alpha value is -1.54. The smallest absolute Gasteiger partial charge is 0.135 e. The molecule has 0 spiro atoms. The van der Waals surface area contributed by atoms with E-state index in [9.17, 15) is 0 Å². The Kier molecular flexibility index (Phi) is 4.58. The van der Waals surface area contributed by atoms with Crippen molar-refractivity contribution in [2.75, 3.05) is 0 Å². The molecule has 2 rings (SSSR count). The van der Waals surface area contributed by atoms with Gasteiger partial charge in [-0.15, -0.1) is 11.6 Å². The van der Waals surface area contributed by atoms with Crippen LogP contribution < -0.4 is 4.74 Å². The van der Waals surface area contributed by atoms with Crippen LogP contribution in [-0.2, 0) is 11.3 Å². The van der Waals surface area contributed by atoms with Crippen LogP contribution in [0.15, 0.2) is 30.5 Å². The fraction of sp³-hybridized carbons (Fsp3) is 0.389. The summed E-state index contributed by atoms with van der Waals surface area (Å²) in [5.41, 5.74) is 4.21. The highest BCUT2D eigenvalue weighted by atomic mass is 35.5. The Morgan fingerprint density at radius 3 is 2.43 bits per heavy atom. The summed E-state index contributed by atoms with van der Waals surface area (Å²) in [6.45, 7) is 10.6. The summed E-state index contributed by atoms with van der Waals surface area (Å²) in [6, 6.07) is 8.27. The van der Waals surface area contributed by atoms with Gasteiger partial charge in [-0.25, -0.2) is 0 Å². The fourth-order valence-corrected chi connectivity index (χ4v) is 2.41. The minimum atomic E-state index is 0.0201. The predicted molar refractivity (Wildman–Crippen MR) is 88.5 cm³/mol. The van der Waals surface area contributed by atoms with Crippen LogP contribution in [0.4, 0.5) is 0 Å². The van der Waals surface area contributed by atoms with Gasteiger partial charge in [0.05, 0.1) is 5.88 Å². The van der Waals surface area contributed by atoms with Crippen LogP contribution in [0.3, 0.4) is 0 Å². The molecule has 0 amide bonds. The highest BCUT2D eigenvalue weighted by Crippen LogP contribution is 2.36. The largest absolute Gasteiger partial charge is 0.457 e. The van der Waals surface area contributed by atoms with Crippen molar-refractivity contribution in [1.82, 2.24) is 4.98 Å². The van der Waals surface area contributed by atoms with Crippen LogP contribution in [0.25, 0.3) is 0 Å². The predicted octanol–water partition coefficient (Wildman–Crippen LogP) is 5.53. The van der Waals surface area contributed by atoms with Crippen LogP contribution in [0, 0.1) is 13.8 Å². The molecule has 0 aliphatic heterocycles. The maximum absolute atomic E-state index is 6.20. The first kappa shape index (κ1) is 15.8. The topological polar surface area (TPSA) is 22.1 Å².